The van der Waals surface area contributed by atoms with Crippen molar-refractivity contribution in [3.8, 4) is 10.4 Å². The zero-order valence-electron chi connectivity index (χ0n) is 17.9. The third-order valence-corrected chi connectivity index (χ3v) is 6.88. The number of morpholine rings is 1. The van der Waals surface area contributed by atoms with Crippen molar-refractivity contribution in [2.24, 2.45) is 0 Å². The normalized spacial score (nSPS) is 18.0. The number of nitrogens with one attached hydrogen (secondary N) is 2. The van der Waals surface area contributed by atoms with Gasteiger partial charge in [-0.2, -0.15) is 0 Å². The Morgan fingerprint density at radius 3 is 2.75 bits per heavy atom. The first-order valence-corrected chi connectivity index (χ1v) is 11.8. The minimum Gasteiger partial charge on any atom is -0.379 e. The van der Waals surface area contributed by atoms with Gasteiger partial charge in [0.1, 0.15) is 5.70 Å². The van der Waals surface area contributed by atoms with Gasteiger partial charge in [0.15, 0.2) is 5.11 Å². The van der Waals surface area contributed by atoms with Crippen LogP contribution in [0.25, 0.3) is 16.5 Å². The molecular weight excluding hydrogens is 444 g/mol. The summed E-state index contributed by atoms with van der Waals surface area (Å²) in [7, 11) is 0. The minimum atomic E-state index is -0.214. The number of hydrogen-bond acceptors (Lipinski definition) is 6. The van der Waals surface area contributed by atoms with E-state index in [-0.39, 0.29) is 5.91 Å². The van der Waals surface area contributed by atoms with Crippen LogP contribution in [0.1, 0.15) is 16.0 Å². The number of rotatable bonds is 8. The summed E-state index contributed by atoms with van der Waals surface area (Å²) in [4.78, 5) is 29.8. The van der Waals surface area contributed by atoms with E-state index in [9.17, 15) is 9.59 Å². The van der Waals surface area contributed by atoms with Crippen molar-refractivity contribution in [3.63, 3.8) is 0 Å². The molecule has 2 N–H and O–H groups in total. The van der Waals surface area contributed by atoms with E-state index in [2.05, 4.69) is 40.7 Å². The number of benzene rings is 1. The van der Waals surface area contributed by atoms with Crippen molar-refractivity contribution in [1.82, 2.24) is 20.4 Å². The first kappa shape index (κ1) is 22.6. The Morgan fingerprint density at radius 1 is 1.22 bits per heavy atom. The van der Waals surface area contributed by atoms with Gasteiger partial charge in [-0.25, -0.2) is 0 Å². The summed E-state index contributed by atoms with van der Waals surface area (Å²) in [5, 5.41) is 5.77. The van der Waals surface area contributed by atoms with E-state index in [4.69, 9.17) is 17.0 Å². The molecule has 168 valence electrons. The van der Waals surface area contributed by atoms with E-state index >= 15 is 0 Å². The summed E-state index contributed by atoms with van der Waals surface area (Å²) < 4.78 is 5.39. The highest BCUT2D eigenvalue weighted by molar-refractivity contribution is 7.80. The Balaban J connectivity index is 1.44. The number of hydrogen-bond donors (Lipinski definition) is 2. The summed E-state index contributed by atoms with van der Waals surface area (Å²) in [6, 6.07) is 10.4. The van der Waals surface area contributed by atoms with E-state index in [1.807, 2.05) is 17.0 Å². The SMILES string of the molecule is Cc1ccc(-c2ccc(/C=C3/NC(=S)NC3=O)s2)cc1CN(C=O)CCN1CCOCC1. The highest BCUT2D eigenvalue weighted by Crippen LogP contribution is 2.31. The zero-order chi connectivity index (χ0) is 22.5. The van der Waals surface area contributed by atoms with Crippen LogP contribution in [0, 0.1) is 6.92 Å². The van der Waals surface area contributed by atoms with Gasteiger partial charge in [0.25, 0.3) is 5.91 Å². The molecule has 3 heterocycles. The molecule has 0 saturated carbocycles. The van der Waals surface area contributed by atoms with Crippen molar-refractivity contribution in [2.75, 3.05) is 39.4 Å². The fourth-order valence-corrected chi connectivity index (χ4v) is 4.84. The number of aryl methyl sites for hydroxylation is 1. The van der Waals surface area contributed by atoms with E-state index in [0.29, 0.717) is 23.9 Å². The molecule has 4 rings (SSSR count). The van der Waals surface area contributed by atoms with Gasteiger partial charge in [0.05, 0.1) is 13.2 Å². The van der Waals surface area contributed by atoms with Gasteiger partial charge in [0, 0.05) is 42.5 Å². The van der Waals surface area contributed by atoms with Crippen LogP contribution in [0.5, 0.6) is 0 Å². The number of amides is 2. The molecule has 2 aromatic rings. The first-order chi connectivity index (χ1) is 15.5. The molecule has 0 radical (unpaired) electrons. The number of ether oxygens (including phenoxy) is 1. The smallest absolute Gasteiger partial charge is 0.273 e. The fraction of sp³-hybridized carbons (Fsp3) is 0.348. The number of nitrogens with zero attached hydrogens (tertiary/aromatic N) is 2. The molecule has 7 nitrogen and oxygen atoms in total. The van der Waals surface area contributed by atoms with Gasteiger partial charge in [-0.1, -0.05) is 12.1 Å². The first-order valence-electron chi connectivity index (χ1n) is 10.5. The summed E-state index contributed by atoms with van der Waals surface area (Å²) in [5.74, 6) is -0.214. The predicted molar refractivity (Wildman–Crippen MR) is 130 cm³/mol. The quantitative estimate of drug-likeness (QED) is 0.351. The molecule has 9 heteroatoms. The zero-order valence-corrected chi connectivity index (χ0v) is 19.6. The second-order valence-electron chi connectivity index (χ2n) is 7.84. The minimum absolute atomic E-state index is 0.214. The average Bonchev–Trinajstić information content (AvgIpc) is 3.39. The number of carbonyl (C=O) groups is 2. The van der Waals surface area contributed by atoms with Gasteiger partial charge in [-0.05, 0) is 60.1 Å². The maximum Gasteiger partial charge on any atom is 0.273 e. The predicted octanol–water partition coefficient (Wildman–Crippen LogP) is 2.36. The Labute approximate surface area is 197 Å². The molecule has 2 amide bonds. The highest BCUT2D eigenvalue weighted by atomic mass is 32.1. The van der Waals surface area contributed by atoms with E-state index in [1.165, 1.54) is 0 Å². The van der Waals surface area contributed by atoms with Crippen molar-refractivity contribution in [2.45, 2.75) is 13.5 Å². The van der Waals surface area contributed by atoms with Crippen LogP contribution in [0.4, 0.5) is 0 Å². The summed E-state index contributed by atoms with van der Waals surface area (Å²) in [5.41, 5.74) is 3.84. The lowest BCUT2D eigenvalue weighted by molar-refractivity contribution is -0.119. The maximum absolute atomic E-state index is 11.9. The third kappa shape index (κ3) is 5.60. The molecule has 0 spiro atoms. The Hall–Kier alpha value is -2.59. The van der Waals surface area contributed by atoms with Gasteiger partial charge < -0.3 is 15.0 Å². The van der Waals surface area contributed by atoms with E-state index < -0.39 is 0 Å². The van der Waals surface area contributed by atoms with Crippen LogP contribution in [0.3, 0.4) is 0 Å². The summed E-state index contributed by atoms with van der Waals surface area (Å²) in [6.07, 6.45) is 2.74. The lowest BCUT2D eigenvalue weighted by Gasteiger charge is -2.28. The van der Waals surface area contributed by atoms with Gasteiger partial charge in [-0.15, -0.1) is 11.3 Å². The van der Waals surface area contributed by atoms with Crippen LogP contribution >= 0.6 is 23.6 Å². The van der Waals surface area contributed by atoms with Crippen LogP contribution in [-0.4, -0.2) is 66.6 Å². The lowest BCUT2D eigenvalue weighted by Crippen LogP contribution is -2.41. The van der Waals surface area contributed by atoms with Crippen LogP contribution in [0.2, 0.25) is 0 Å². The summed E-state index contributed by atoms with van der Waals surface area (Å²) >= 11 is 6.58. The van der Waals surface area contributed by atoms with Crippen molar-refractivity contribution in [1.29, 1.82) is 0 Å². The largest absolute Gasteiger partial charge is 0.379 e. The van der Waals surface area contributed by atoms with Gasteiger partial charge in [-0.3, -0.25) is 19.8 Å². The van der Waals surface area contributed by atoms with Crippen molar-refractivity contribution < 1.29 is 14.3 Å². The van der Waals surface area contributed by atoms with E-state index in [1.54, 1.807) is 17.4 Å². The molecule has 2 aliphatic heterocycles. The topological polar surface area (TPSA) is 73.9 Å². The lowest BCUT2D eigenvalue weighted by atomic mass is 10.0. The van der Waals surface area contributed by atoms with Crippen molar-refractivity contribution in [3.05, 3.63) is 52.0 Å². The average molecular weight is 471 g/mol. The molecule has 0 unspecified atom stereocenters. The van der Waals surface area contributed by atoms with Crippen LogP contribution < -0.4 is 10.6 Å². The number of thiophene rings is 1. The molecule has 1 aromatic heterocycles. The molecule has 0 bridgehead atoms. The molecule has 2 saturated heterocycles. The standard InChI is InChI=1S/C23H26N4O3S2/c1-16-2-3-17(21-5-4-19(32-21)13-20-22(29)25-23(31)24-20)12-18(16)14-27(15-28)7-6-26-8-10-30-11-9-26/h2-5,12-13,15H,6-11,14H2,1H3,(H2,24,25,29,31)/b20-13+. The Morgan fingerprint density at radius 2 is 2.03 bits per heavy atom. The Kier molecular flexibility index (Phi) is 7.31. The summed E-state index contributed by atoms with van der Waals surface area (Å²) in [6.45, 7) is 7.56. The second kappa shape index (κ2) is 10.4. The maximum atomic E-state index is 11.9. The Bertz CT molecular complexity index is 1040. The van der Waals surface area contributed by atoms with Crippen molar-refractivity contribution >= 4 is 47.1 Å². The molecule has 32 heavy (non-hydrogen) atoms. The second-order valence-corrected chi connectivity index (χ2v) is 9.36. The number of carbonyl (C=O) groups excluding carboxylic acids is 2. The molecule has 1 aromatic carbocycles. The number of thiocarbonyl (C=S) groups is 1. The van der Waals surface area contributed by atoms with Gasteiger partial charge >= 0.3 is 0 Å². The molecule has 2 aliphatic rings. The third-order valence-electron chi connectivity index (χ3n) is 5.60. The van der Waals surface area contributed by atoms with Crippen LogP contribution in [-0.2, 0) is 20.9 Å². The molecule has 2 fully saturated rings. The molecule has 0 aliphatic carbocycles. The molecule has 0 atom stereocenters. The van der Waals surface area contributed by atoms with Crippen LogP contribution in [0.15, 0.2) is 36.0 Å². The highest BCUT2D eigenvalue weighted by Gasteiger charge is 2.20. The molecular formula is C23H26N4O3S2. The van der Waals surface area contributed by atoms with E-state index in [0.717, 1.165) is 65.7 Å². The fourth-order valence-electron chi connectivity index (χ4n) is 3.69. The monoisotopic (exact) mass is 470 g/mol. The van der Waals surface area contributed by atoms with Gasteiger partial charge in [0.2, 0.25) is 6.41 Å².